The maximum Gasteiger partial charge on any atom is 0.126 e. The Morgan fingerprint density at radius 2 is 1.94 bits per heavy atom. The minimum absolute atomic E-state index is 0.0543. The van der Waals surface area contributed by atoms with Crippen molar-refractivity contribution in [3.05, 3.63) is 35.4 Å². The van der Waals surface area contributed by atoms with Gasteiger partial charge in [0.25, 0.3) is 0 Å². The summed E-state index contributed by atoms with van der Waals surface area (Å²) < 4.78 is 26.1. The lowest BCUT2D eigenvalue weighted by Gasteiger charge is -2.17. The third kappa shape index (κ3) is 2.57. The van der Waals surface area contributed by atoms with Crippen molar-refractivity contribution in [2.45, 2.75) is 31.5 Å². The minimum atomic E-state index is -1.02. The predicted molar refractivity (Wildman–Crippen MR) is 54.8 cm³/mol. The summed E-state index contributed by atoms with van der Waals surface area (Å²) >= 11 is 0. The monoisotopic (exact) mass is 228 g/mol. The normalized spacial score (nSPS) is 19.5. The molecule has 2 nitrogen and oxygen atoms in total. The van der Waals surface area contributed by atoms with Crippen LogP contribution in [-0.2, 0) is 6.42 Å². The fourth-order valence-electron chi connectivity index (χ4n) is 1.80. The van der Waals surface area contributed by atoms with Gasteiger partial charge in [0.2, 0.25) is 0 Å². The Morgan fingerprint density at radius 1 is 1.25 bits per heavy atom. The van der Waals surface area contributed by atoms with Crippen LogP contribution < -0.4 is 0 Å². The zero-order valence-electron chi connectivity index (χ0n) is 8.74. The maximum atomic E-state index is 13.3. The molecular formula is C12H14F2O2. The van der Waals surface area contributed by atoms with Crippen molar-refractivity contribution in [1.82, 2.24) is 0 Å². The van der Waals surface area contributed by atoms with E-state index in [1.165, 1.54) is 0 Å². The number of halogens is 2. The van der Waals surface area contributed by atoms with Crippen molar-refractivity contribution in [2.75, 3.05) is 0 Å². The summed E-state index contributed by atoms with van der Waals surface area (Å²) in [6.45, 7) is 0. The van der Waals surface area contributed by atoms with E-state index in [9.17, 15) is 19.0 Å². The van der Waals surface area contributed by atoms with Gasteiger partial charge in [0.1, 0.15) is 11.6 Å². The van der Waals surface area contributed by atoms with Gasteiger partial charge in [-0.15, -0.1) is 0 Å². The Balaban J connectivity index is 2.04. The molecule has 0 aliphatic heterocycles. The fraction of sp³-hybridized carbons (Fsp3) is 0.500. The van der Waals surface area contributed by atoms with E-state index in [0.29, 0.717) is 0 Å². The Kier molecular flexibility index (Phi) is 3.21. The van der Waals surface area contributed by atoms with Crippen molar-refractivity contribution >= 4 is 0 Å². The molecule has 1 aliphatic carbocycles. The van der Waals surface area contributed by atoms with E-state index in [1.54, 1.807) is 0 Å². The van der Waals surface area contributed by atoms with Crippen molar-refractivity contribution in [2.24, 2.45) is 5.92 Å². The van der Waals surface area contributed by atoms with Crippen LogP contribution in [0.4, 0.5) is 8.78 Å². The van der Waals surface area contributed by atoms with Gasteiger partial charge in [0, 0.05) is 6.42 Å². The molecule has 1 aromatic carbocycles. The number of aliphatic hydroxyl groups is 2. The molecule has 16 heavy (non-hydrogen) atoms. The zero-order chi connectivity index (χ0) is 11.7. The second-order valence-electron chi connectivity index (χ2n) is 4.34. The largest absolute Gasteiger partial charge is 0.390 e. The summed E-state index contributed by atoms with van der Waals surface area (Å²) in [6, 6.07) is 3.11. The van der Waals surface area contributed by atoms with E-state index in [1.807, 2.05) is 0 Å². The molecule has 2 atom stereocenters. The lowest BCUT2D eigenvalue weighted by molar-refractivity contribution is 0.00629. The highest BCUT2D eigenvalue weighted by Gasteiger charge is 2.34. The summed E-state index contributed by atoms with van der Waals surface area (Å²) in [5.74, 6) is -0.973. The highest BCUT2D eigenvalue weighted by atomic mass is 19.1. The second kappa shape index (κ2) is 4.47. The Hall–Kier alpha value is -1.00. The summed E-state index contributed by atoms with van der Waals surface area (Å²) in [4.78, 5) is 0. The average Bonchev–Trinajstić information content (AvgIpc) is 3.06. The molecule has 0 bridgehead atoms. The first-order valence-corrected chi connectivity index (χ1v) is 5.38. The van der Waals surface area contributed by atoms with Crippen LogP contribution in [0.5, 0.6) is 0 Å². The van der Waals surface area contributed by atoms with E-state index in [4.69, 9.17) is 0 Å². The first kappa shape index (κ1) is 11.5. The first-order chi connectivity index (χ1) is 7.58. The summed E-state index contributed by atoms with van der Waals surface area (Å²) in [7, 11) is 0. The van der Waals surface area contributed by atoms with Crippen molar-refractivity contribution in [3.63, 3.8) is 0 Å². The molecule has 0 saturated heterocycles. The lowest BCUT2D eigenvalue weighted by Crippen LogP contribution is -2.30. The number of hydrogen-bond donors (Lipinski definition) is 2. The molecular weight excluding hydrogens is 214 g/mol. The molecule has 0 radical (unpaired) electrons. The zero-order valence-corrected chi connectivity index (χ0v) is 8.74. The molecule has 2 unspecified atom stereocenters. The minimum Gasteiger partial charge on any atom is -0.390 e. The van der Waals surface area contributed by atoms with Crippen LogP contribution in [0.25, 0.3) is 0 Å². The molecule has 4 heteroatoms. The van der Waals surface area contributed by atoms with Gasteiger partial charge >= 0.3 is 0 Å². The third-order valence-electron chi connectivity index (χ3n) is 2.94. The summed E-state index contributed by atoms with van der Waals surface area (Å²) in [6.07, 6.45) is -0.124. The summed E-state index contributed by atoms with van der Waals surface area (Å²) in [5.41, 5.74) is 0.104. The molecule has 1 aromatic rings. The number of hydrogen-bond acceptors (Lipinski definition) is 2. The molecule has 0 spiro atoms. The van der Waals surface area contributed by atoms with E-state index in [0.717, 1.165) is 31.0 Å². The van der Waals surface area contributed by atoms with Gasteiger partial charge in [-0.05, 0) is 42.5 Å². The number of aliphatic hydroxyl groups excluding tert-OH is 2. The van der Waals surface area contributed by atoms with E-state index >= 15 is 0 Å². The van der Waals surface area contributed by atoms with Gasteiger partial charge < -0.3 is 10.2 Å². The van der Waals surface area contributed by atoms with Crippen LogP contribution in [0.3, 0.4) is 0 Å². The smallest absolute Gasteiger partial charge is 0.126 e. The molecule has 2 rings (SSSR count). The van der Waals surface area contributed by atoms with E-state index < -0.39 is 23.8 Å². The Labute approximate surface area is 92.5 Å². The maximum absolute atomic E-state index is 13.3. The summed E-state index contributed by atoms with van der Waals surface area (Å²) in [5, 5.41) is 19.3. The van der Waals surface area contributed by atoms with Crippen LogP contribution in [-0.4, -0.2) is 22.4 Å². The quantitative estimate of drug-likeness (QED) is 0.822. The van der Waals surface area contributed by atoms with Gasteiger partial charge in [0.15, 0.2) is 0 Å². The molecule has 88 valence electrons. The van der Waals surface area contributed by atoms with Crippen molar-refractivity contribution in [3.8, 4) is 0 Å². The third-order valence-corrected chi connectivity index (χ3v) is 2.94. The SMILES string of the molecule is OC(Cc1cc(F)ccc1F)C(O)C1CC1. The van der Waals surface area contributed by atoms with Gasteiger partial charge in [-0.2, -0.15) is 0 Å². The van der Waals surface area contributed by atoms with Crippen LogP contribution in [0.15, 0.2) is 18.2 Å². The fourth-order valence-corrected chi connectivity index (χ4v) is 1.80. The Morgan fingerprint density at radius 3 is 2.56 bits per heavy atom. The lowest BCUT2D eigenvalue weighted by atomic mass is 10.0. The average molecular weight is 228 g/mol. The molecule has 1 fully saturated rings. The van der Waals surface area contributed by atoms with Crippen LogP contribution in [0, 0.1) is 17.6 Å². The molecule has 2 N–H and O–H groups in total. The highest BCUT2D eigenvalue weighted by molar-refractivity contribution is 5.19. The Bertz CT molecular complexity index is 377. The molecule has 0 amide bonds. The van der Waals surface area contributed by atoms with E-state index in [-0.39, 0.29) is 17.9 Å². The number of rotatable bonds is 4. The van der Waals surface area contributed by atoms with Gasteiger partial charge in [0.05, 0.1) is 12.2 Å². The first-order valence-electron chi connectivity index (χ1n) is 5.38. The van der Waals surface area contributed by atoms with Crippen LogP contribution >= 0.6 is 0 Å². The molecule has 0 aromatic heterocycles. The molecule has 0 heterocycles. The predicted octanol–water partition coefficient (Wildman–Crippen LogP) is 1.64. The molecule has 1 aliphatic rings. The molecule has 1 saturated carbocycles. The topological polar surface area (TPSA) is 40.5 Å². The second-order valence-corrected chi connectivity index (χ2v) is 4.34. The highest BCUT2D eigenvalue weighted by Crippen LogP contribution is 2.34. The van der Waals surface area contributed by atoms with Gasteiger partial charge in [-0.25, -0.2) is 8.78 Å². The van der Waals surface area contributed by atoms with Crippen molar-refractivity contribution in [1.29, 1.82) is 0 Å². The van der Waals surface area contributed by atoms with Crippen LogP contribution in [0.2, 0.25) is 0 Å². The van der Waals surface area contributed by atoms with Gasteiger partial charge in [-0.1, -0.05) is 0 Å². The number of benzene rings is 1. The standard InChI is InChI=1S/C12H14F2O2/c13-9-3-4-10(14)8(5-9)6-11(15)12(16)7-1-2-7/h3-5,7,11-12,15-16H,1-2,6H2. The van der Waals surface area contributed by atoms with Crippen LogP contribution in [0.1, 0.15) is 18.4 Å². The van der Waals surface area contributed by atoms with E-state index in [2.05, 4.69) is 0 Å². The van der Waals surface area contributed by atoms with Crippen molar-refractivity contribution < 1.29 is 19.0 Å². The van der Waals surface area contributed by atoms with Gasteiger partial charge in [-0.3, -0.25) is 0 Å².